The third kappa shape index (κ3) is 11.5. The molecule has 0 spiro atoms. The molecule has 39 heavy (non-hydrogen) atoms. The lowest BCUT2D eigenvalue weighted by Crippen LogP contribution is -2.33. The second-order valence-electron chi connectivity index (χ2n) is 8.93. The van der Waals surface area contributed by atoms with Crippen LogP contribution in [0.1, 0.15) is 47.2 Å². The van der Waals surface area contributed by atoms with Crippen molar-refractivity contribution in [2.75, 3.05) is 19.9 Å². The van der Waals surface area contributed by atoms with Crippen LogP contribution >= 0.6 is 0 Å². The first-order valence-electron chi connectivity index (χ1n) is 12.0. The summed E-state index contributed by atoms with van der Waals surface area (Å²) in [5, 5.41) is 10.3. The Morgan fingerprint density at radius 1 is 1.08 bits per heavy atom. The van der Waals surface area contributed by atoms with Crippen LogP contribution in [0.4, 0.5) is 4.79 Å². The second-order valence-corrected chi connectivity index (χ2v) is 10.4. The Morgan fingerprint density at radius 3 is 2.26 bits per heavy atom. The molecule has 13 heteroatoms. The number of amides is 1. The lowest BCUT2D eigenvalue weighted by Gasteiger charge is -2.27. The number of nitrogens with one attached hydrogen (secondary N) is 2. The Hall–Kier alpha value is -3.97. The SMILES string of the molecule is COC(=O)c1cc(C(=N)N)ccc1OC(=O)C1CCC(CNC(=O)OCc2ccccc2)CC1.CS(=O)(=O)O. The highest BCUT2D eigenvalue weighted by Crippen LogP contribution is 2.31. The number of methoxy groups -OCH3 is 1. The summed E-state index contributed by atoms with van der Waals surface area (Å²) in [5.41, 5.74) is 6.77. The van der Waals surface area contributed by atoms with Gasteiger partial charge in [0.25, 0.3) is 10.1 Å². The Labute approximate surface area is 227 Å². The van der Waals surface area contributed by atoms with Crippen molar-refractivity contribution in [3.8, 4) is 5.75 Å². The summed E-state index contributed by atoms with van der Waals surface area (Å²) in [6.45, 7) is 0.695. The first kappa shape index (κ1) is 31.2. The van der Waals surface area contributed by atoms with Gasteiger partial charge in [0.15, 0.2) is 0 Å². The fraction of sp³-hybridized carbons (Fsp3) is 0.385. The second kappa shape index (κ2) is 14.8. The molecule has 0 atom stereocenters. The van der Waals surface area contributed by atoms with Crippen molar-refractivity contribution in [1.82, 2.24) is 5.32 Å². The van der Waals surface area contributed by atoms with Crippen LogP contribution in [-0.4, -0.2) is 56.7 Å². The van der Waals surface area contributed by atoms with E-state index in [4.69, 9.17) is 29.9 Å². The van der Waals surface area contributed by atoms with E-state index in [2.05, 4.69) is 5.32 Å². The van der Waals surface area contributed by atoms with Gasteiger partial charge >= 0.3 is 18.0 Å². The van der Waals surface area contributed by atoms with Gasteiger partial charge in [0.2, 0.25) is 0 Å². The molecule has 0 aromatic heterocycles. The van der Waals surface area contributed by atoms with E-state index in [0.29, 0.717) is 31.2 Å². The third-order valence-corrected chi connectivity index (χ3v) is 5.83. The number of rotatable bonds is 8. The summed E-state index contributed by atoms with van der Waals surface area (Å²) in [6.07, 6.45) is 2.99. The van der Waals surface area contributed by atoms with E-state index < -0.39 is 28.1 Å². The van der Waals surface area contributed by atoms with Crippen LogP contribution in [0.15, 0.2) is 48.5 Å². The van der Waals surface area contributed by atoms with Gasteiger partial charge in [-0.15, -0.1) is 0 Å². The minimum absolute atomic E-state index is 0.0375. The van der Waals surface area contributed by atoms with Gasteiger partial charge in [-0.2, -0.15) is 8.42 Å². The van der Waals surface area contributed by atoms with Crippen molar-refractivity contribution in [1.29, 1.82) is 5.41 Å². The van der Waals surface area contributed by atoms with Crippen LogP contribution in [0.2, 0.25) is 0 Å². The number of hydrogen-bond donors (Lipinski definition) is 4. The first-order valence-corrected chi connectivity index (χ1v) is 13.9. The topological polar surface area (TPSA) is 195 Å². The van der Waals surface area contributed by atoms with Crippen LogP contribution in [0.5, 0.6) is 5.75 Å². The molecule has 0 aliphatic heterocycles. The number of ether oxygens (including phenoxy) is 3. The number of benzene rings is 2. The Kier molecular flexibility index (Phi) is 11.9. The van der Waals surface area contributed by atoms with E-state index in [1.54, 1.807) is 0 Å². The van der Waals surface area contributed by atoms with Gasteiger partial charge in [-0.1, -0.05) is 30.3 Å². The summed E-state index contributed by atoms with van der Waals surface area (Å²) < 4.78 is 41.4. The minimum Gasteiger partial charge on any atom is -0.465 e. The zero-order chi connectivity index (χ0) is 29.0. The molecule has 3 rings (SSSR count). The van der Waals surface area contributed by atoms with Crippen molar-refractivity contribution >= 4 is 34.0 Å². The maximum absolute atomic E-state index is 12.7. The number of amidine groups is 1. The van der Waals surface area contributed by atoms with E-state index in [1.165, 1.54) is 25.3 Å². The molecule has 1 saturated carbocycles. The van der Waals surface area contributed by atoms with Crippen molar-refractivity contribution in [3.05, 3.63) is 65.2 Å². The summed E-state index contributed by atoms with van der Waals surface area (Å²) in [7, 11) is -2.44. The highest BCUT2D eigenvalue weighted by molar-refractivity contribution is 7.85. The van der Waals surface area contributed by atoms with Crippen LogP contribution in [0.25, 0.3) is 0 Å². The average Bonchev–Trinajstić information content (AvgIpc) is 2.90. The quantitative estimate of drug-likeness (QED) is 0.122. The van der Waals surface area contributed by atoms with Crippen LogP contribution in [0, 0.1) is 17.2 Å². The van der Waals surface area contributed by atoms with Crippen molar-refractivity contribution in [3.63, 3.8) is 0 Å². The Bertz CT molecular complexity index is 1250. The molecule has 2 aromatic carbocycles. The molecule has 0 unspecified atom stereocenters. The summed E-state index contributed by atoms with van der Waals surface area (Å²) >= 11 is 0. The van der Waals surface area contributed by atoms with Crippen LogP contribution in [-0.2, 0) is 31.0 Å². The number of hydrogen-bond acceptors (Lipinski definition) is 9. The molecule has 0 heterocycles. The monoisotopic (exact) mass is 563 g/mol. The Balaban J connectivity index is 0.000000976. The highest BCUT2D eigenvalue weighted by atomic mass is 32.2. The molecule has 2 aromatic rings. The predicted octanol–water partition coefficient (Wildman–Crippen LogP) is 2.90. The lowest BCUT2D eigenvalue weighted by atomic mass is 9.82. The number of alkyl carbamates (subject to hydrolysis) is 1. The number of carbonyl (C=O) groups is 3. The molecule has 0 bridgehead atoms. The first-order chi connectivity index (χ1) is 18.4. The van der Waals surface area contributed by atoms with Crippen molar-refractivity contribution < 1.29 is 41.6 Å². The maximum Gasteiger partial charge on any atom is 0.407 e. The van der Waals surface area contributed by atoms with Gasteiger partial charge in [-0.05, 0) is 55.4 Å². The van der Waals surface area contributed by atoms with Gasteiger partial charge in [-0.25, -0.2) is 9.59 Å². The number of carbonyl (C=O) groups excluding carboxylic acids is 3. The average molecular weight is 564 g/mol. The molecule has 0 radical (unpaired) electrons. The summed E-state index contributed by atoms with van der Waals surface area (Å²) in [5.74, 6) is -1.30. The smallest absolute Gasteiger partial charge is 0.407 e. The largest absolute Gasteiger partial charge is 0.465 e. The van der Waals surface area contributed by atoms with Crippen molar-refractivity contribution in [2.45, 2.75) is 32.3 Å². The molecular weight excluding hydrogens is 530 g/mol. The third-order valence-electron chi connectivity index (χ3n) is 5.83. The number of esters is 2. The minimum atomic E-state index is -3.67. The van der Waals surface area contributed by atoms with Gasteiger partial charge < -0.3 is 25.3 Å². The molecule has 0 saturated heterocycles. The van der Waals surface area contributed by atoms with Crippen molar-refractivity contribution in [2.24, 2.45) is 17.6 Å². The molecule has 1 amide bonds. The molecule has 12 nitrogen and oxygen atoms in total. The zero-order valence-corrected chi connectivity index (χ0v) is 22.5. The van der Waals surface area contributed by atoms with Crippen LogP contribution in [0.3, 0.4) is 0 Å². The summed E-state index contributed by atoms with van der Waals surface area (Å²) in [4.78, 5) is 36.8. The molecule has 212 valence electrons. The standard InChI is InChI=1S/C25H29N3O6.CH4O3S/c1-32-24(30)20-13-19(22(26)27)11-12-21(20)34-23(29)18-9-7-16(8-10-18)14-28-25(31)33-15-17-5-3-2-4-6-17;1-5(2,3)4/h2-6,11-13,16,18H,7-10,14-15H2,1H3,(H3,26,27)(H,28,31);1H3,(H,2,3,4). The predicted molar refractivity (Wildman–Crippen MR) is 142 cm³/mol. The van der Waals surface area contributed by atoms with Gasteiger partial charge in [0.1, 0.15) is 23.8 Å². The number of nitrogen functional groups attached to an aromatic ring is 1. The van der Waals surface area contributed by atoms with Gasteiger partial charge in [-0.3, -0.25) is 14.8 Å². The van der Waals surface area contributed by atoms with E-state index in [-0.39, 0.29) is 35.6 Å². The highest BCUT2D eigenvalue weighted by Gasteiger charge is 2.29. The van der Waals surface area contributed by atoms with E-state index in [9.17, 15) is 22.8 Å². The number of nitrogens with two attached hydrogens (primary N) is 1. The summed E-state index contributed by atoms with van der Waals surface area (Å²) in [6, 6.07) is 13.8. The molecule has 1 aliphatic carbocycles. The fourth-order valence-electron chi connectivity index (χ4n) is 3.85. The van der Waals surface area contributed by atoms with Gasteiger partial charge in [0, 0.05) is 12.1 Å². The molecule has 1 fully saturated rings. The Morgan fingerprint density at radius 2 is 1.69 bits per heavy atom. The van der Waals surface area contributed by atoms with E-state index >= 15 is 0 Å². The molecule has 1 aliphatic rings. The molecule has 5 N–H and O–H groups in total. The fourth-order valence-corrected chi connectivity index (χ4v) is 3.85. The maximum atomic E-state index is 12.7. The lowest BCUT2D eigenvalue weighted by molar-refractivity contribution is -0.140. The van der Waals surface area contributed by atoms with E-state index in [0.717, 1.165) is 18.4 Å². The normalized spacial score (nSPS) is 16.6. The van der Waals surface area contributed by atoms with Crippen LogP contribution < -0.4 is 15.8 Å². The zero-order valence-electron chi connectivity index (χ0n) is 21.7. The van der Waals surface area contributed by atoms with E-state index in [1.807, 2.05) is 30.3 Å². The molecular formula is C26H33N3O9S. The van der Waals surface area contributed by atoms with Gasteiger partial charge in [0.05, 0.1) is 19.3 Å².